The summed E-state index contributed by atoms with van der Waals surface area (Å²) in [6.45, 7) is 4.40. The van der Waals surface area contributed by atoms with E-state index in [1.807, 2.05) is 6.08 Å². The number of esters is 1. The van der Waals surface area contributed by atoms with Gasteiger partial charge in [-0.1, -0.05) is 11.6 Å². The summed E-state index contributed by atoms with van der Waals surface area (Å²) in [7, 11) is 0. The Hall–Kier alpha value is -1.13. The van der Waals surface area contributed by atoms with Crippen LogP contribution in [0.25, 0.3) is 0 Å². The van der Waals surface area contributed by atoms with Gasteiger partial charge in [-0.25, -0.2) is 4.79 Å². The van der Waals surface area contributed by atoms with Crippen molar-refractivity contribution >= 4 is 5.97 Å². The van der Waals surface area contributed by atoms with Gasteiger partial charge in [-0.05, 0) is 45.1 Å². The number of fused-ring (bicyclic) bond motifs is 1. The number of hydrogen-bond acceptors (Lipinski definition) is 4. The lowest BCUT2D eigenvalue weighted by Gasteiger charge is -2.22. The summed E-state index contributed by atoms with van der Waals surface area (Å²) in [6.07, 6.45) is 7.93. The van der Waals surface area contributed by atoms with Crippen molar-refractivity contribution in [3.8, 4) is 0 Å². The Bertz CT molecular complexity index is 399. The van der Waals surface area contributed by atoms with Gasteiger partial charge in [0.2, 0.25) is 0 Å². The molecular weight excluding hydrogens is 244 g/mol. The van der Waals surface area contributed by atoms with E-state index in [0.29, 0.717) is 12.5 Å². The molecule has 0 spiro atoms. The Morgan fingerprint density at radius 3 is 3.05 bits per heavy atom. The van der Waals surface area contributed by atoms with E-state index in [0.717, 1.165) is 19.3 Å². The van der Waals surface area contributed by atoms with E-state index in [9.17, 15) is 4.79 Å². The fourth-order valence-electron chi connectivity index (χ4n) is 3.12. The molecule has 0 radical (unpaired) electrons. The molecule has 0 aromatic rings. The maximum atomic E-state index is 11.3. The van der Waals surface area contributed by atoms with Crippen molar-refractivity contribution in [3.05, 3.63) is 23.8 Å². The first-order valence-electron chi connectivity index (χ1n) is 6.89. The molecule has 106 valence electrons. The zero-order valence-corrected chi connectivity index (χ0v) is 11.6. The molecule has 1 saturated carbocycles. The molecule has 0 unspecified atom stereocenters. The van der Waals surface area contributed by atoms with E-state index < -0.39 is 0 Å². The third kappa shape index (κ3) is 3.25. The quantitative estimate of drug-likeness (QED) is 0.480. The third-order valence-electron chi connectivity index (χ3n) is 4.00. The fraction of sp³-hybridized carbons (Fsp3) is 0.667. The van der Waals surface area contributed by atoms with Crippen molar-refractivity contribution in [2.24, 2.45) is 5.92 Å². The van der Waals surface area contributed by atoms with E-state index in [-0.39, 0.29) is 24.3 Å². The molecule has 1 N–H and O–H groups in total. The molecule has 4 nitrogen and oxygen atoms in total. The normalized spacial score (nSPS) is 36.1. The molecule has 0 aromatic carbocycles. The monoisotopic (exact) mass is 266 g/mol. The molecule has 19 heavy (non-hydrogen) atoms. The highest BCUT2D eigenvalue weighted by molar-refractivity contribution is 5.81. The van der Waals surface area contributed by atoms with E-state index in [1.165, 1.54) is 11.6 Å². The van der Waals surface area contributed by atoms with Gasteiger partial charge in [-0.3, -0.25) is 0 Å². The highest BCUT2D eigenvalue weighted by atomic mass is 16.5. The minimum Gasteiger partial charge on any atom is -0.463 e. The second-order valence-electron chi connectivity index (χ2n) is 5.44. The van der Waals surface area contributed by atoms with Crippen LogP contribution in [0.4, 0.5) is 0 Å². The zero-order chi connectivity index (χ0) is 13.9. The SMILES string of the molecule is CCOC(=O)/C=C/[C@@H]1C[C@@H]2C/C(=C\CO)C[C@]2(C)O1. The van der Waals surface area contributed by atoms with Gasteiger partial charge < -0.3 is 14.6 Å². The molecule has 0 aromatic heterocycles. The predicted molar refractivity (Wildman–Crippen MR) is 71.6 cm³/mol. The van der Waals surface area contributed by atoms with Crippen molar-refractivity contribution < 1.29 is 19.4 Å². The summed E-state index contributed by atoms with van der Waals surface area (Å²) < 4.78 is 10.9. The first kappa shape index (κ1) is 14.3. The molecule has 4 heteroatoms. The first-order chi connectivity index (χ1) is 9.07. The lowest BCUT2D eigenvalue weighted by Crippen LogP contribution is -2.26. The van der Waals surface area contributed by atoms with Crippen LogP contribution in [0, 0.1) is 5.92 Å². The maximum absolute atomic E-state index is 11.3. The summed E-state index contributed by atoms with van der Waals surface area (Å²) in [6, 6.07) is 0. The van der Waals surface area contributed by atoms with Crippen LogP contribution in [-0.2, 0) is 14.3 Å². The van der Waals surface area contributed by atoms with Crippen molar-refractivity contribution in [1.29, 1.82) is 0 Å². The molecule has 1 heterocycles. The van der Waals surface area contributed by atoms with Gasteiger partial charge in [0.1, 0.15) is 0 Å². The summed E-state index contributed by atoms with van der Waals surface area (Å²) in [5.41, 5.74) is 1.13. The van der Waals surface area contributed by atoms with Gasteiger partial charge in [0.25, 0.3) is 0 Å². The number of aliphatic hydroxyl groups is 1. The molecule has 0 amide bonds. The first-order valence-corrected chi connectivity index (χ1v) is 6.89. The Morgan fingerprint density at radius 1 is 1.63 bits per heavy atom. The second-order valence-corrected chi connectivity index (χ2v) is 5.44. The van der Waals surface area contributed by atoms with Crippen molar-refractivity contribution in [3.63, 3.8) is 0 Å². The summed E-state index contributed by atoms with van der Waals surface area (Å²) in [5, 5.41) is 8.94. The van der Waals surface area contributed by atoms with E-state index >= 15 is 0 Å². The van der Waals surface area contributed by atoms with Gasteiger partial charge in [0, 0.05) is 6.08 Å². The number of ether oxygens (including phenoxy) is 2. The standard InChI is InChI=1S/C15H22O4/c1-3-18-14(17)5-4-13-9-12-8-11(6-7-16)10-15(12,2)19-13/h4-6,12-13,16H,3,7-10H2,1-2H3/b5-4+,11-6+/t12-,13+,15-/m0/s1. The highest BCUT2D eigenvalue weighted by Crippen LogP contribution is 2.50. The Kier molecular flexibility index (Phi) is 4.42. The van der Waals surface area contributed by atoms with E-state index in [1.54, 1.807) is 13.0 Å². The number of rotatable bonds is 4. The molecule has 1 aliphatic heterocycles. The number of hydrogen-bond donors (Lipinski definition) is 1. The molecule has 1 aliphatic carbocycles. The van der Waals surface area contributed by atoms with Crippen molar-refractivity contribution in [2.75, 3.05) is 13.2 Å². The van der Waals surface area contributed by atoms with Crippen LogP contribution in [0.2, 0.25) is 0 Å². The zero-order valence-electron chi connectivity index (χ0n) is 11.6. The molecule has 2 fully saturated rings. The van der Waals surface area contributed by atoms with Crippen LogP contribution in [0.3, 0.4) is 0 Å². The number of aliphatic hydroxyl groups excluding tert-OH is 1. The van der Waals surface area contributed by atoms with E-state index in [4.69, 9.17) is 14.6 Å². The Balaban J connectivity index is 1.92. The second kappa shape index (κ2) is 5.88. The molecule has 2 rings (SSSR count). The Morgan fingerprint density at radius 2 is 2.42 bits per heavy atom. The average molecular weight is 266 g/mol. The molecule has 2 aliphatic rings. The minimum absolute atomic E-state index is 0.00455. The largest absolute Gasteiger partial charge is 0.463 e. The average Bonchev–Trinajstić information content (AvgIpc) is 2.78. The minimum atomic E-state index is -0.311. The van der Waals surface area contributed by atoms with Crippen LogP contribution in [0.5, 0.6) is 0 Å². The molecule has 1 saturated heterocycles. The van der Waals surface area contributed by atoms with Crippen LogP contribution >= 0.6 is 0 Å². The summed E-state index contributed by atoms with van der Waals surface area (Å²) >= 11 is 0. The fourth-order valence-corrected chi connectivity index (χ4v) is 3.12. The van der Waals surface area contributed by atoms with Crippen LogP contribution in [0.15, 0.2) is 23.8 Å². The van der Waals surface area contributed by atoms with Gasteiger partial charge in [-0.2, -0.15) is 0 Å². The third-order valence-corrected chi connectivity index (χ3v) is 4.00. The van der Waals surface area contributed by atoms with Gasteiger partial charge in [-0.15, -0.1) is 0 Å². The van der Waals surface area contributed by atoms with Crippen LogP contribution < -0.4 is 0 Å². The van der Waals surface area contributed by atoms with E-state index in [2.05, 4.69) is 6.92 Å². The Labute approximate surface area is 114 Å². The predicted octanol–water partition coefficient (Wildman–Crippen LogP) is 1.98. The molecule has 3 atom stereocenters. The smallest absolute Gasteiger partial charge is 0.330 e. The van der Waals surface area contributed by atoms with Crippen LogP contribution in [-0.4, -0.2) is 36.0 Å². The van der Waals surface area contributed by atoms with Crippen molar-refractivity contribution in [1.82, 2.24) is 0 Å². The molecule has 0 bridgehead atoms. The topological polar surface area (TPSA) is 55.8 Å². The van der Waals surface area contributed by atoms with Crippen molar-refractivity contribution in [2.45, 2.75) is 44.8 Å². The van der Waals surface area contributed by atoms with Gasteiger partial charge >= 0.3 is 5.97 Å². The summed E-state index contributed by atoms with van der Waals surface area (Å²) in [5.74, 6) is 0.163. The van der Waals surface area contributed by atoms with Crippen LogP contribution in [0.1, 0.15) is 33.1 Å². The number of carbonyl (C=O) groups excluding carboxylic acids is 1. The lowest BCUT2D eigenvalue weighted by atomic mass is 9.92. The number of carbonyl (C=O) groups is 1. The maximum Gasteiger partial charge on any atom is 0.330 e. The van der Waals surface area contributed by atoms with Gasteiger partial charge in [0.05, 0.1) is 24.9 Å². The lowest BCUT2D eigenvalue weighted by molar-refractivity contribution is -0.137. The van der Waals surface area contributed by atoms with Gasteiger partial charge in [0.15, 0.2) is 0 Å². The highest BCUT2D eigenvalue weighted by Gasteiger charge is 2.48. The summed E-state index contributed by atoms with van der Waals surface area (Å²) in [4.78, 5) is 11.3. The molecular formula is C15H22O4.